The maximum absolute atomic E-state index is 13.2. The lowest BCUT2D eigenvalue weighted by molar-refractivity contribution is -0.0289. The Morgan fingerprint density at radius 2 is 1.73 bits per heavy atom. The fourth-order valence-electron chi connectivity index (χ4n) is 8.04. The monoisotopic (exact) mass is 816 g/mol. The van der Waals surface area contributed by atoms with Gasteiger partial charge in [-0.15, -0.1) is 0 Å². The normalized spacial score (nSPS) is 18.4. The maximum atomic E-state index is 13.2. The Kier molecular flexibility index (Phi) is 13.3. The van der Waals surface area contributed by atoms with Crippen molar-refractivity contribution in [2.45, 2.75) is 89.8 Å². The van der Waals surface area contributed by atoms with Crippen LogP contribution in [0.25, 0.3) is 22.0 Å². The summed E-state index contributed by atoms with van der Waals surface area (Å²) in [6, 6.07) is 31.4. The molecule has 3 saturated heterocycles. The van der Waals surface area contributed by atoms with Gasteiger partial charge in [0.15, 0.2) is 8.32 Å². The standard InChI is InChI=1S/C48H60N4O6Si/c1-48(2,3)59(4,5)58-43(39-19-21-42(53)46-40(39)20-22-45(54)51-46)31-49-30-34-13-11-16-37(28-34)56-27-10-9-12-33-17-18-38(35-14-7-6-8-15-35)41(29-33)50-47(55)57-44-32-52-25-23-36(44)24-26-52/h6-8,11,13-22,28-29,36,43-44,49,53H,9-10,12,23-27,30-32H2,1-5H3,(H,50,55)(H,51,54)/t43-,44-/m0/s1. The zero-order valence-corrected chi connectivity index (χ0v) is 36.2. The molecule has 4 aromatic carbocycles. The van der Waals surface area contributed by atoms with Gasteiger partial charge in [-0.3, -0.25) is 15.0 Å². The number of hydrogen-bond donors (Lipinski definition) is 4. The minimum atomic E-state index is -2.20. The highest BCUT2D eigenvalue weighted by molar-refractivity contribution is 6.74. The summed E-state index contributed by atoms with van der Waals surface area (Å²) in [6.07, 6.45) is 4.13. The summed E-state index contributed by atoms with van der Waals surface area (Å²) in [6.45, 7) is 15.9. The number of carbonyl (C=O) groups excluding carboxylic acids is 1. The number of pyridine rings is 1. The van der Waals surface area contributed by atoms with E-state index in [9.17, 15) is 14.7 Å². The number of rotatable bonds is 16. The Hall–Kier alpha value is -4.94. The van der Waals surface area contributed by atoms with Gasteiger partial charge in [-0.25, -0.2) is 4.79 Å². The van der Waals surface area contributed by atoms with Crippen molar-refractivity contribution < 1.29 is 23.8 Å². The van der Waals surface area contributed by atoms with Crippen molar-refractivity contribution in [1.29, 1.82) is 0 Å². The summed E-state index contributed by atoms with van der Waals surface area (Å²) < 4.78 is 19.2. The van der Waals surface area contributed by atoms with Crippen LogP contribution in [0.3, 0.4) is 0 Å². The van der Waals surface area contributed by atoms with Crippen LogP contribution in [0.2, 0.25) is 18.1 Å². The van der Waals surface area contributed by atoms with E-state index >= 15 is 0 Å². The molecule has 0 radical (unpaired) electrons. The number of fused-ring (bicyclic) bond motifs is 4. The van der Waals surface area contributed by atoms with Crippen molar-refractivity contribution in [3.05, 3.63) is 124 Å². The number of ether oxygens (including phenoxy) is 2. The first-order valence-electron chi connectivity index (χ1n) is 21.2. The number of aromatic hydroxyl groups is 1. The number of aromatic amines is 1. The van der Waals surface area contributed by atoms with Gasteiger partial charge >= 0.3 is 6.09 Å². The molecule has 59 heavy (non-hydrogen) atoms. The van der Waals surface area contributed by atoms with Crippen molar-refractivity contribution in [1.82, 2.24) is 15.2 Å². The molecule has 2 bridgehead atoms. The third-order valence-electron chi connectivity index (χ3n) is 12.4. The first kappa shape index (κ1) is 42.2. The van der Waals surface area contributed by atoms with Crippen LogP contribution < -0.4 is 20.9 Å². The SMILES string of the molecule is CC(C)(C)[Si](C)(C)O[C@@H](CNCc1cccc(OCCCCc2ccc(-c3ccccc3)c(NC(=O)O[C@H]3CN4CCC3CC4)c2)c1)c1ccc(O)c2[nH]c(=O)ccc12. The maximum Gasteiger partial charge on any atom is 0.411 e. The molecule has 1 aromatic heterocycles. The molecule has 0 spiro atoms. The summed E-state index contributed by atoms with van der Waals surface area (Å²) in [5.41, 5.74) is 6.12. The van der Waals surface area contributed by atoms with E-state index in [-0.39, 0.29) is 34.6 Å². The van der Waals surface area contributed by atoms with Gasteiger partial charge in [-0.2, -0.15) is 0 Å². The molecule has 5 aromatic rings. The fourth-order valence-corrected chi connectivity index (χ4v) is 9.32. The van der Waals surface area contributed by atoms with Gasteiger partial charge in [0.05, 0.1) is 23.9 Å². The number of unbranched alkanes of at least 4 members (excludes halogenated alkanes) is 1. The second-order valence-corrected chi connectivity index (χ2v) is 22.4. The van der Waals surface area contributed by atoms with Crippen LogP contribution >= 0.6 is 0 Å². The number of carbonyl (C=O) groups is 1. The minimum absolute atomic E-state index is 0.00659. The quantitative estimate of drug-likeness (QED) is 0.0574. The van der Waals surface area contributed by atoms with Crippen LogP contribution in [0.5, 0.6) is 11.5 Å². The average molecular weight is 817 g/mol. The number of aromatic nitrogens is 1. The van der Waals surface area contributed by atoms with Crippen LogP contribution in [0, 0.1) is 5.92 Å². The minimum Gasteiger partial charge on any atom is -0.506 e. The van der Waals surface area contributed by atoms with Crippen molar-refractivity contribution in [2.24, 2.45) is 5.92 Å². The molecule has 1 amide bonds. The number of phenolic OH excluding ortho intramolecular Hbond substituents is 1. The van der Waals surface area contributed by atoms with Gasteiger partial charge in [0.1, 0.15) is 17.6 Å². The lowest BCUT2D eigenvalue weighted by atomic mass is 9.86. The smallest absolute Gasteiger partial charge is 0.411 e. The molecule has 3 fully saturated rings. The molecule has 11 heteroatoms. The number of hydrogen-bond acceptors (Lipinski definition) is 8. The van der Waals surface area contributed by atoms with Crippen LogP contribution in [-0.2, 0) is 22.1 Å². The van der Waals surface area contributed by atoms with Gasteiger partial charge in [-0.1, -0.05) is 81.4 Å². The molecule has 4 N–H and O–H groups in total. The first-order chi connectivity index (χ1) is 28.3. The second-order valence-electron chi connectivity index (χ2n) is 17.7. The van der Waals surface area contributed by atoms with Gasteiger partial charge in [-0.05, 0) is 122 Å². The second kappa shape index (κ2) is 18.5. The molecule has 0 saturated carbocycles. The highest BCUT2D eigenvalue weighted by Gasteiger charge is 2.40. The van der Waals surface area contributed by atoms with Crippen molar-refractivity contribution in [3.8, 4) is 22.6 Å². The Bertz CT molecular complexity index is 2260. The Labute approximate surface area is 349 Å². The molecule has 0 unspecified atom stereocenters. The Balaban J connectivity index is 0.932. The molecule has 2 atom stereocenters. The van der Waals surface area contributed by atoms with E-state index in [0.717, 1.165) is 96.4 Å². The Morgan fingerprint density at radius 1 is 0.932 bits per heavy atom. The molecule has 10 nitrogen and oxygen atoms in total. The van der Waals surface area contributed by atoms with Crippen LogP contribution in [0.15, 0.2) is 102 Å². The van der Waals surface area contributed by atoms with E-state index in [1.165, 1.54) is 6.07 Å². The number of amides is 1. The van der Waals surface area contributed by atoms with Gasteiger partial charge in [0.25, 0.3) is 0 Å². The predicted molar refractivity (Wildman–Crippen MR) is 239 cm³/mol. The summed E-state index contributed by atoms with van der Waals surface area (Å²) in [4.78, 5) is 30.5. The van der Waals surface area contributed by atoms with Crippen LogP contribution in [0.1, 0.15) is 69.2 Å². The highest BCUT2D eigenvalue weighted by Crippen LogP contribution is 2.41. The molecule has 0 aliphatic carbocycles. The largest absolute Gasteiger partial charge is 0.506 e. The van der Waals surface area contributed by atoms with E-state index in [1.54, 1.807) is 12.1 Å². The third-order valence-corrected chi connectivity index (χ3v) is 16.9. The van der Waals surface area contributed by atoms with Crippen LogP contribution in [-0.4, -0.2) is 68.3 Å². The lowest BCUT2D eigenvalue weighted by Crippen LogP contribution is -2.52. The van der Waals surface area contributed by atoms with E-state index in [2.05, 4.69) is 96.8 Å². The van der Waals surface area contributed by atoms with E-state index in [4.69, 9.17) is 13.9 Å². The third kappa shape index (κ3) is 10.6. The highest BCUT2D eigenvalue weighted by atomic mass is 28.4. The number of phenols is 1. The number of nitrogens with one attached hydrogen (secondary N) is 3. The molecule has 8 rings (SSSR count). The molecule has 3 aliphatic heterocycles. The first-order valence-corrected chi connectivity index (χ1v) is 24.1. The summed E-state index contributed by atoms with van der Waals surface area (Å²) in [5, 5.41) is 18.0. The van der Waals surface area contributed by atoms with Crippen LogP contribution in [0.4, 0.5) is 10.5 Å². The van der Waals surface area contributed by atoms with Gasteiger partial charge in [0.2, 0.25) is 5.56 Å². The van der Waals surface area contributed by atoms with Gasteiger partial charge in [0, 0.05) is 36.7 Å². The topological polar surface area (TPSA) is 125 Å². The average Bonchev–Trinajstić information content (AvgIpc) is 3.21. The van der Waals surface area contributed by atoms with E-state index in [0.29, 0.717) is 31.1 Å². The number of aryl methyl sites for hydroxylation is 1. The number of nitrogens with zero attached hydrogens (tertiary/aromatic N) is 1. The molecule has 3 aliphatic rings. The van der Waals surface area contributed by atoms with E-state index < -0.39 is 8.32 Å². The number of piperidine rings is 3. The number of benzene rings is 4. The lowest BCUT2D eigenvalue weighted by Gasteiger charge is -2.43. The number of H-pyrrole nitrogens is 1. The summed E-state index contributed by atoms with van der Waals surface area (Å²) >= 11 is 0. The molecule has 312 valence electrons. The molecular weight excluding hydrogens is 757 g/mol. The zero-order chi connectivity index (χ0) is 41.6. The number of anilines is 1. The summed E-state index contributed by atoms with van der Waals surface area (Å²) in [7, 11) is -2.20. The fraction of sp³-hybridized carbons (Fsp3) is 0.417. The molecular formula is C48H60N4O6Si. The Morgan fingerprint density at radius 3 is 2.47 bits per heavy atom. The van der Waals surface area contributed by atoms with Crippen molar-refractivity contribution >= 4 is 31.0 Å². The molecule has 4 heterocycles. The van der Waals surface area contributed by atoms with E-state index in [1.807, 2.05) is 36.4 Å². The van der Waals surface area contributed by atoms with Gasteiger partial charge < -0.3 is 29.3 Å². The predicted octanol–water partition coefficient (Wildman–Crippen LogP) is 9.80. The van der Waals surface area contributed by atoms with Crippen molar-refractivity contribution in [3.63, 3.8) is 0 Å². The van der Waals surface area contributed by atoms with Crippen molar-refractivity contribution in [2.75, 3.05) is 38.1 Å². The zero-order valence-electron chi connectivity index (χ0n) is 35.2. The summed E-state index contributed by atoms with van der Waals surface area (Å²) in [5.74, 6) is 1.31.